The lowest BCUT2D eigenvalue weighted by Crippen LogP contribution is -1.80. The third kappa shape index (κ3) is 5.28. The van der Waals surface area contributed by atoms with Crippen LogP contribution in [0.5, 0.6) is 0 Å². The van der Waals surface area contributed by atoms with E-state index >= 15 is 0 Å². The molecule has 0 aromatic heterocycles. The molecule has 2 nitrogen and oxygen atoms in total. The summed E-state index contributed by atoms with van der Waals surface area (Å²) in [7, 11) is 0. The molecule has 0 heterocycles. The third-order valence-electron chi connectivity index (χ3n) is 5.17. The van der Waals surface area contributed by atoms with E-state index in [1.54, 1.807) is 0 Å². The van der Waals surface area contributed by atoms with Gasteiger partial charge in [-0.1, -0.05) is 97.1 Å². The summed E-state index contributed by atoms with van der Waals surface area (Å²) < 4.78 is 0. The maximum Gasteiger partial charge on any atom is 0.0991 e. The average molecular weight is 409 g/mol. The highest BCUT2D eigenvalue weighted by atomic mass is 14.2. The fourth-order valence-electron chi connectivity index (χ4n) is 3.30. The van der Waals surface area contributed by atoms with Crippen LogP contribution in [0.4, 0.5) is 0 Å². The van der Waals surface area contributed by atoms with Crippen LogP contribution in [0.3, 0.4) is 0 Å². The Labute approximate surface area is 188 Å². The smallest absolute Gasteiger partial charge is 0.0991 e. The monoisotopic (exact) mass is 408 g/mol. The minimum absolute atomic E-state index is 0.669. The first kappa shape index (κ1) is 20.6. The van der Waals surface area contributed by atoms with E-state index < -0.39 is 0 Å². The van der Waals surface area contributed by atoms with Gasteiger partial charge < -0.3 is 0 Å². The van der Waals surface area contributed by atoms with Crippen LogP contribution in [-0.2, 0) is 0 Å². The normalized spacial score (nSPS) is 10.8. The summed E-state index contributed by atoms with van der Waals surface area (Å²) in [5.41, 5.74) is 8.06. The number of hydrogen-bond acceptors (Lipinski definition) is 2. The van der Waals surface area contributed by atoms with Crippen LogP contribution in [0.25, 0.3) is 35.4 Å². The van der Waals surface area contributed by atoms with Gasteiger partial charge in [0.15, 0.2) is 0 Å². The van der Waals surface area contributed by atoms with E-state index in [9.17, 15) is 0 Å². The summed E-state index contributed by atoms with van der Waals surface area (Å²) >= 11 is 0. The first-order valence-electron chi connectivity index (χ1n) is 10.3. The molecule has 0 radical (unpaired) electrons. The number of benzene rings is 4. The van der Waals surface area contributed by atoms with Gasteiger partial charge >= 0.3 is 0 Å². The lowest BCUT2D eigenvalue weighted by atomic mass is 10.0. The first-order chi connectivity index (χ1) is 15.7. The van der Waals surface area contributed by atoms with Crippen LogP contribution in [0.15, 0.2) is 97.1 Å². The van der Waals surface area contributed by atoms with Gasteiger partial charge in [0.05, 0.1) is 23.3 Å². The van der Waals surface area contributed by atoms with Crippen molar-refractivity contribution in [1.82, 2.24) is 0 Å². The predicted octanol–water partition coefficient (Wildman–Crippen LogP) is 7.44. The Bertz CT molecular complexity index is 1220. The highest BCUT2D eigenvalue weighted by molar-refractivity contribution is 5.74. The molecule has 0 bridgehead atoms. The summed E-state index contributed by atoms with van der Waals surface area (Å²) in [6.07, 6.45) is 8.24. The highest BCUT2D eigenvalue weighted by Crippen LogP contribution is 2.22. The van der Waals surface area contributed by atoms with E-state index in [1.165, 1.54) is 11.1 Å². The predicted molar refractivity (Wildman–Crippen MR) is 132 cm³/mol. The standard InChI is InChI=1S/C30H20N2/c31-21-27-9-5-23(6-10-27)1-3-25-13-17-29(18-14-25)30-19-15-26(16-20-30)4-2-24-7-11-28(22-32)12-8-24/h1-20H. The zero-order valence-corrected chi connectivity index (χ0v) is 17.4. The Morgan fingerprint density at radius 3 is 0.875 bits per heavy atom. The van der Waals surface area contributed by atoms with E-state index in [4.69, 9.17) is 10.5 Å². The van der Waals surface area contributed by atoms with Crippen molar-refractivity contribution in [2.75, 3.05) is 0 Å². The van der Waals surface area contributed by atoms with E-state index in [2.05, 4.69) is 72.8 Å². The van der Waals surface area contributed by atoms with Crippen molar-refractivity contribution in [3.8, 4) is 23.3 Å². The second-order valence-electron chi connectivity index (χ2n) is 7.38. The van der Waals surface area contributed by atoms with Crippen molar-refractivity contribution >= 4 is 24.3 Å². The summed E-state index contributed by atoms with van der Waals surface area (Å²) in [6.45, 7) is 0. The average Bonchev–Trinajstić information content (AvgIpc) is 2.87. The molecule has 150 valence electrons. The second-order valence-corrected chi connectivity index (χ2v) is 7.38. The number of nitrogens with zero attached hydrogens (tertiary/aromatic N) is 2. The SMILES string of the molecule is N#Cc1ccc(C=Cc2ccc(-c3ccc(C=Cc4ccc(C#N)cc4)cc3)cc2)cc1. The molecule has 4 aromatic carbocycles. The largest absolute Gasteiger partial charge is 0.192 e. The van der Waals surface area contributed by atoms with Crippen LogP contribution >= 0.6 is 0 Å². The number of rotatable bonds is 5. The molecular weight excluding hydrogens is 388 g/mol. The number of hydrogen-bond donors (Lipinski definition) is 0. The fourth-order valence-corrected chi connectivity index (χ4v) is 3.30. The topological polar surface area (TPSA) is 47.6 Å². The second kappa shape index (κ2) is 9.90. The molecule has 0 aliphatic carbocycles. The minimum atomic E-state index is 0.669. The molecule has 0 aliphatic heterocycles. The van der Waals surface area contributed by atoms with E-state index in [1.807, 2.05) is 60.7 Å². The van der Waals surface area contributed by atoms with Gasteiger partial charge in [0.2, 0.25) is 0 Å². The van der Waals surface area contributed by atoms with Gasteiger partial charge in [-0.05, 0) is 57.6 Å². The van der Waals surface area contributed by atoms with Crippen molar-refractivity contribution < 1.29 is 0 Å². The molecule has 0 aliphatic rings. The molecule has 4 rings (SSSR count). The molecule has 0 atom stereocenters. The van der Waals surface area contributed by atoms with Gasteiger partial charge in [0.25, 0.3) is 0 Å². The van der Waals surface area contributed by atoms with Crippen LogP contribution in [-0.4, -0.2) is 0 Å². The van der Waals surface area contributed by atoms with Crippen LogP contribution in [0.1, 0.15) is 33.4 Å². The molecule has 0 N–H and O–H groups in total. The van der Waals surface area contributed by atoms with Crippen molar-refractivity contribution in [3.63, 3.8) is 0 Å². The Hall–Kier alpha value is -4.66. The van der Waals surface area contributed by atoms with Gasteiger partial charge in [-0.25, -0.2) is 0 Å². The van der Waals surface area contributed by atoms with E-state index in [0.717, 1.165) is 22.3 Å². The van der Waals surface area contributed by atoms with Crippen LogP contribution in [0, 0.1) is 22.7 Å². The van der Waals surface area contributed by atoms with Crippen molar-refractivity contribution in [3.05, 3.63) is 130 Å². The summed E-state index contributed by atoms with van der Waals surface area (Å²) in [5.74, 6) is 0. The zero-order valence-electron chi connectivity index (χ0n) is 17.4. The van der Waals surface area contributed by atoms with E-state index in [-0.39, 0.29) is 0 Å². The summed E-state index contributed by atoms with van der Waals surface area (Å²) in [4.78, 5) is 0. The van der Waals surface area contributed by atoms with Gasteiger partial charge in [-0.3, -0.25) is 0 Å². The fraction of sp³-hybridized carbons (Fsp3) is 0. The molecule has 0 unspecified atom stereocenters. The quantitative estimate of drug-likeness (QED) is 0.322. The molecule has 0 saturated carbocycles. The Balaban J connectivity index is 1.41. The lowest BCUT2D eigenvalue weighted by molar-refractivity contribution is 1.48. The van der Waals surface area contributed by atoms with Crippen molar-refractivity contribution in [2.45, 2.75) is 0 Å². The molecular formula is C30H20N2. The molecule has 0 saturated heterocycles. The molecule has 0 spiro atoms. The minimum Gasteiger partial charge on any atom is -0.192 e. The first-order valence-corrected chi connectivity index (χ1v) is 10.3. The summed E-state index contributed by atoms with van der Waals surface area (Å²) in [6, 6.07) is 36.3. The Morgan fingerprint density at radius 1 is 0.375 bits per heavy atom. The van der Waals surface area contributed by atoms with Crippen molar-refractivity contribution in [1.29, 1.82) is 10.5 Å². The van der Waals surface area contributed by atoms with Crippen LogP contribution in [0.2, 0.25) is 0 Å². The molecule has 0 fully saturated rings. The number of nitriles is 2. The van der Waals surface area contributed by atoms with E-state index in [0.29, 0.717) is 11.1 Å². The Kier molecular flexibility index (Phi) is 6.37. The molecule has 2 heteroatoms. The van der Waals surface area contributed by atoms with Gasteiger partial charge in [0, 0.05) is 0 Å². The maximum absolute atomic E-state index is 8.88. The zero-order chi connectivity index (χ0) is 22.2. The third-order valence-corrected chi connectivity index (χ3v) is 5.17. The van der Waals surface area contributed by atoms with Gasteiger partial charge in [0.1, 0.15) is 0 Å². The maximum atomic E-state index is 8.88. The van der Waals surface area contributed by atoms with Crippen molar-refractivity contribution in [2.24, 2.45) is 0 Å². The lowest BCUT2D eigenvalue weighted by Gasteiger charge is -2.04. The molecule has 0 amide bonds. The summed E-state index contributed by atoms with van der Waals surface area (Å²) in [5, 5.41) is 17.8. The van der Waals surface area contributed by atoms with Crippen LogP contribution < -0.4 is 0 Å². The molecule has 32 heavy (non-hydrogen) atoms. The van der Waals surface area contributed by atoms with Gasteiger partial charge in [-0.2, -0.15) is 10.5 Å². The molecule has 4 aromatic rings. The van der Waals surface area contributed by atoms with Gasteiger partial charge in [-0.15, -0.1) is 0 Å². The highest BCUT2D eigenvalue weighted by Gasteiger charge is 1.98. The Morgan fingerprint density at radius 2 is 0.625 bits per heavy atom.